The van der Waals surface area contributed by atoms with Crippen LogP contribution >= 0.6 is 24.0 Å². The van der Waals surface area contributed by atoms with Gasteiger partial charge in [0.15, 0.2) is 5.96 Å². The van der Waals surface area contributed by atoms with Gasteiger partial charge in [0.05, 0.1) is 6.26 Å². The molecule has 0 radical (unpaired) electrons. The molecule has 0 bridgehead atoms. The SMILES string of the molecule is CCNC(=NCC(=O)Nc1ccc(F)cc1)NCCCOCc1ccco1.I. The quantitative estimate of drug-likeness (QED) is 0.200. The number of rotatable bonds is 10. The van der Waals surface area contributed by atoms with Crippen LogP contribution in [-0.2, 0) is 16.1 Å². The molecular weight excluding hydrogens is 478 g/mol. The highest BCUT2D eigenvalue weighted by Gasteiger charge is 2.03. The van der Waals surface area contributed by atoms with Gasteiger partial charge in [0.25, 0.3) is 0 Å². The normalized spacial score (nSPS) is 10.9. The van der Waals surface area contributed by atoms with Gasteiger partial charge in [-0.25, -0.2) is 9.38 Å². The summed E-state index contributed by atoms with van der Waals surface area (Å²) in [5.41, 5.74) is 0.531. The number of nitrogens with zero attached hydrogens (tertiary/aromatic N) is 1. The lowest BCUT2D eigenvalue weighted by Gasteiger charge is -2.11. The fourth-order valence-electron chi connectivity index (χ4n) is 2.17. The highest BCUT2D eigenvalue weighted by atomic mass is 127. The summed E-state index contributed by atoms with van der Waals surface area (Å²) >= 11 is 0. The molecule has 0 saturated carbocycles. The Hall–Kier alpha value is -2.14. The number of carbonyl (C=O) groups excluding carboxylic acids is 1. The molecule has 0 atom stereocenters. The molecule has 1 amide bonds. The van der Waals surface area contributed by atoms with Gasteiger partial charge in [-0.2, -0.15) is 0 Å². The maximum absolute atomic E-state index is 12.9. The van der Waals surface area contributed by atoms with Crippen molar-refractivity contribution >= 4 is 41.5 Å². The smallest absolute Gasteiger partial charge is 0.246 e. The lowest BCUT2D eigenvalue weighted by atomic mass is 10.3. The molecule has 2 aromatic rings. The first kappa shape index (κ1) is 23.9. The molecule has 28 heavy (non-hydrogen) atoms. The minimum atomic E-state index is -0.349. The summed E-state index contributed by atoms with van der Waals surface area (Å²) in [6.45, 7) is 4.27. The first-order valence-corrected chi connectivity index (χ1v) is 8.85. The number of nitrogens with one attached hydrogen (secondary N) is 3. The van der Waals surface area contributed by atoms with E-state index in [-0.39, 0.29) is 42.2 Å². The van der Waals surface area contributed by atoms with Gasteiger partial charge in [-0.3, -0.25) is 4.79 Å². The molecule has 0 aliphatic heterocycles. The Balaban J connectivity index is 0.00000392. The van der Waals surface area contributed by atoms with Crippen molar-refractivity contribution in [2.24, 2.45) is 4.99 Å². The fourth-order valence-corrected chi connectivity index (χ4v) is 2.17. The predicted molar refractivity (Wildman–Crippen MR) is 117 cm³/mol. The summed E-state index contributed by atoms with van der Waals surface area (Å²) < 4.78 is 23.6. The second-order valence-electron chi connectivity index (χ2n) is 5.66. The number of ether oxygens (including phenoxy) is 1. The largest absolute Gasteiger partial charge is 0.467 e. The summed E-state index contributed by atoms with van der Waals surface area (Å²) in [4.78, 5) is 16.2. The highest BCUT2D eigenvalue weighted by molar-refractivity contribution is 14.0. The lowest BCUT2D eigenvalue weighted by molar-refractivity contribution is -0.114. The van der Waals surface area contributed by atoms with Crippen LogP contribution in [0.25, 0.3) is 0 Å². The van der Waals surface area contributed by atoms with E-state index in [4.69, 9.17) is 9.15 Å². The number of guanidine groups is 1. The van der Waals surface area contributed by atoms with Crippen LogP contribution in [0.2, 0.25) is 0 Å². The van der Waals surface area contributed by atoms with E-state index >= 15 is 0 Å². The third kappa shape index (κ3) is 9.70. The molecule has 0 fully saturated rings. The van der Waals surface area contributed by atoms with E-state index in [1.54, 1.807) is 6.26 Å². The monoisotopic (exact) mass is 504 g/mol. The standard InChI is InChI=1S/C19H25FN4O3.HI/c1-2-21-19(22-10-4-11-26-14-17-5-3-12-27-17)23-13-18(25)24-16-8-6-15(20)7-9-16;/h3,5-9,12H,2,4,10-11,13-14H2,1H3,(H,24,25)(H2,21,22,23);1H. The Bertz CT molecular complexity index is 708. The van der Waals surface area contributed by atoms with E-state index < -0.39 is 0 Å². The molecule has 154 valence electrons. The van der Waals surface area contributed by atoms with Crippen molar-refractivity contribution in [2.75, 3.05) is 31.6 Å². The van der Waals surface area contributed by atoms with Gasteiger partial charge in [0, 0.05) is 25.4 Å². The topological polar surface area (TPSA) is 87.9 Å². The van der Waals surface area contributed by atoms with Crippen LogP contribution in [0.15, 0.2) is 52.1 Å². The Labute approximate surface area is 181 Å². The number of aliphatic imine (C=N–C) groups is 1. The van der Waals surface area contributed by atoms with E-state index in [1.165, 1.54) is 24.3 Å². The number of hydrogen-bond donors (Lipinski definition) is 3. The maximum atomic E-state index is 12.9. The summed E-state index contributed by atoms with van der Waals surface area (Å²) in [7, 11) is 0. The number of carbonyl (C=O) groups is 1. The van der Waals surface area contributed by atoms with E-state index in [2.05, 4.69) is 20.9 Å². The van der Waals surface area contributed by atoms with Gasteiger partial charge >= 0.3 is 0 Å². The Kier molecular flexibility index (Phi) is 11.9. The van der Waals surface area contributed by atoms with E-state index in [1.807, 2.05) is 19.1 Å². The van der Waals surface area contributed by atoms with Crippen molar-refractivity contribution in [1.82, 2.24) is 10.6 Å². The van der Waals surface area contributed by atoms with Crippen molar-refractivity contribution in [2.45, 2.75) is 20.0 Å². The molecule has 1 aromatic heterocycles. The lowest BCUT2D eigenvalue weighted by Crippen LogP contribution is -2.38. The van der Waals surface area contributed by atoms with Gasteiger partial charge in [0.2, 0.25) is 5.91 Å². The Morgan fingerprint density at radius 1 is 1.21 bits per heavy atom. The summed E-state index contributed by atoms with van der Waals surface area (Å²) in [6.07, 6.45) is 2.40. The summed E-state index contributed by atoms with van der Waals surface area (Å²) in [6, 6.07) is 9.28. The molecule has 2 rings (SSSR count). The Morgan fingerprint density at radius 3 is 2.68 bits per heavy atom. The molecule has 0 aliphatic rings. The zero-order chi connectivity index (χ0) is 19.3. The van der Waals surface area contributed by atoms with E-state index in [0.717, 1.165) is 12.2 Å². The maximum Gasteiger partial charge on any atom is 0.246 e. The molecule has 7 nitrogen and oxygen atoms in total. The molecule has 0 saturated heterocycles. The molecule has 3 N–H and O–H groups in total. The van der Waals surface area contributed by atoms with Crippen LogP contribution in [0.4, 0.5) is 10.1 Å². The molecule has 9 heteroatoms. The van der Waals surface area contributed by atoms with Gasteiger partial charge in [-0.1, -0.05) is 0 Å². The second-order valence-corrected chi connectivity index (χ2v) is 5.66. The van der Waals surface area contributed by atoms with Crippen LogP contribution < -0.4 is 16.0 Å². The molecule has 1 heterocycles. The Morgan fingerprint density at radius 2 is 2.00 bits per heavy atom. The van der Waals surface area contributed by atoms with Crippen molar-refractivity contribution in [3.05, 3.63) is 54.2 Å². The van der Waals surface area contributed by atoms with Gasteiger partial charge < -0.3 is 25.1 Å². The molecule has 0 spiro atoms. The van der Waals surface area contributed by atoms with Crippen molar-refractivity contribution in [3.8, 4) is 0 Å². The third-order valence-corrected chi connectivity index (χ3v) is 3.44. The van der Waals surface area contributed by atoms with Crippen LogP contribution in [0, 0.1) is 5.82 Å². The van der Waals surface area contributed by atoms with E-state index in [0.29, 0.717) is 38.0 Å². The number of benzene rings is 1. The summed E-state index contributed by atoms with van der Waals surface area (Å²) in [5, 5.41) is 8.89. The average Bonchev–Trinajstić information content (AvgIpc) is 3.18. The molecule has 0 unspecified atom stereocenters. The van der Waals surface area contributed by atoms with Gasteiger partial charge in [0.1, 0.15) is 24.7 Å². The minimum absolute atomic E-state index is 0. The summed E-state index contributed by atoms with van der Waals surface area (Å²) in [5.74, 6) is 0.723. The zero-order valence-corrected chi connectivity index (χ0v) is 18.1. The van der Waals surface area contributed by atoms with Crippen molar-refractivity contribution in [1.29, 1.82) is 0 Å². The first-order valence-electron chi connectivity index (χ1n) is 8.85. The highest BCUT2D eigenvalue weighted by Crippen LogP contribution is 2.07. The van der Waals surface area contributed by atoms with Gasteiger partial charge in [-0.15, -0.1) is 24.0 Å². The van der Waals surface area contributed by atoms with Crippen molar-refractivity contribution < 1.29 is 18.3 Å². The average molecular weight is 504 g/mol. The van der Waals surface area contributed by atoms with Crippen LogP contribution in [0.1, 0.15) is 19.1 Å². The number of furan rings is 1. The van der Waals surface area contributed by atoms with Crippen LogP contribution in [-0.4, -0.2) is 38.1 Å². The minimum Gasteiger partial charge on any atom is -0.467 e. The fraction of sp³-hybridized carbons (Fsp3) is 0.368. The number of anilines is 1. The second kappa shape index (κ2) is 13.9. The van der Waals surface area contributed by atoms with Gasteiger partial charge in [-0.05, 0) is 49.7 Å². The zero-order valence-electron chi connectivity index (χ0n) is 15.7. The molecular formula is C19H26FIN4O3. The van der Waals surface area contributed by atoms with E-state index in [9.17, 15) is 9.18 Å². The van der Waals surface area contributed by atoms with Crippen molar-refractivity contribution in [3.63, 3.8) is 0 Å². The number of hydrogen-bond acceptors (Lipinski definition) is 4. The third-order valence-electron chi connectivity index (χ3n) is 3.44. The molecule has 1 aromatic carbocycles. The van der Waals surface area contributed by atoms with Crippen LogP contribution in [0.5, 0.6) is 0 Å². The predicted octanol–water partition coefficient (Wildman–Crippen LogP) is 3.14. The molecule has 0 aliphatic carbocycles. The number of amides is 1. The van der Waals surface area contributed by atoms with Crippen LogP contribution in [0.3, 0.4) is 0 Å². The number of halogens is 2. The first-order chi connectivity index (χ1) is 13.2.